The van der Waals surface area contributed by atoms with E-state index in [1.54, 1.807) is 0 Å². The first-order valence-corrected chi connectivity index (χ1v) is 4.65. The van der Waals surface area contributed by atoms with Gasteiger partial charge in [-0.25, -0.2) is 0 Å². The van der Waals surface area contributed by atoms with Gasteiger partial charge in [-0.2, -0.15) is 0 Å². The van der Waals surface area contributed by atoms with Crippen LogP contribution in [-0.4, -0.2) is 25.2 Å². The second-order valence-electron chi connectivity index (χ2n) is 3.81. The number of carbonyl (C=O) groups excluding carboxylic acids is 1. The van der Waals surface area contributed by atoms with E-state index in [1.165, 1.54) is 13.3 Å². The Balaban J connectivity index is 1.95. The fourth-order valence-electron chi connectivity index (χ4n) is 2.46. The smallest absolute Gasteiger partial charge is 0.302 e. The first-order valence-electron chi connectivity index (χ1n) is 4.65. The third-order valence-electron chi connectivity index (χ3n) is 3.01. The van der Waals surface area contributed by atoms with Crippen molar-refractivity contribution in [2.45, 2.75) is 25.9 Å². The Labute approximate surface area is 72.5 Å². The molecule has 1 saturated carbocycles. The van der Waals surface area contributed by atoms with Gasteiger partial charge < -0.3 is 10.1 Å². The monoisotopic (exact) mass is 169 g/mol. The maximum Gasteiger partial charge on any atom is 0.302 e. The largest absolute Gasteiger partial charge is 0.462 e. The van der Waals surface area contributed by atoms with E-state index >= 15 is 0 Å². The maximum absolute atomic E-state index is 10.7. The molecule has 0 spiro atoms. The lowest BCUT2D eigenvalue weighted by Crippen LogP contribution is -2.25. The first-order chi connectivity index (χ1) is 5.77. The van der Waals surface area contributed by atoms with E-state index < -0.39 is 0 Å². The molecule has 3 heteroatoms. The average Bonchev–Trinajstić information content (AvgIpc) is 2.52. The van der Waals surface area contributed by atoms with Gasteiger partial charge in [0.25, 0.3) is 0 Å². The third kappa shape index (κ3) is 1.33. The van der Waals surface area contributed by atoms with Crippen LogP contribution in [0, 0.1) is 11.8 Å². The zero-order valence-electron chi connectivity index (χ0n) is 7.38. The Morgan fingerprint density at radius 3 is 3.00 bits per heavy atom. The lowest BCUT2D eigenvalue weighted by Gasteiger charge is -2.17. The Morgan fingerprint density at radius 1 is 1.42 bits per heavy atom. The van der Waals surface area contributed by atoms with Crippen LogP contribution in [0.1, 0.15) is 19.8 Å². The van der Waals surface area contributed by atoms with Crippen LogP contribution in [0.3, 0.4) is 0 Å². The molecular weight excluding hydrogens is 154 g/mol. The summed E-state index contributed by atoms with van der Waals surface area (Å²) >= 11 is 0. The topological polar surface area (TPSA) is 38.3 Å². The normalized spacial score (nSPS) is 39.6. The number of rotatable bonds is 1. The summed E-state index contributed by atoms with van der Waals surface area (Å²) in [6, 6.07) is 0. The average molecular weight is 169 g/mol. The summed E-state index contributed by atoms with van der Waals surface area (Å²) < 4.78 is 5.25. The van der Waals surface area contributed by atoms with E-state index in [0.29, 0.717) is 5.92 Å². The number of hydrogen-bond acceptors (Lipinski definition) is 3. The van der Waals surface area contributed by atoms with Gasteiger partial charge in [-0.3, -0.25) is 4.79 Å². The molecule has 0 bridgehead atoms. The van der Waals surface area contributed by atoms with Crippen LogP contribution in [0.5, 0.6) is 0 Å². The Morgan fingerprint density at radius 2 is 2.25 bits per heavy atom. The standard InChI is InChI=1S/C9H15NO2/c1-6(11)12-9-3-2-7-4-10-5-8(7)9/h7-10H,2-5H2,1H3/t7-,8+,9-/m0/s1. The van der Waals surface area contributed by atoms with Gasteiger partial charge in [0.15, 0.2) is 0 Å². The summed E-state index contributed by atoms with van der Waals surface area (Å²) in [4.78, 5) is 10.7. The molecule has 1 saturated heterocycles. The van der Waals surface area contributed by atoms with Gasteiger partial charge in [0.2, 0.25) is 0 Å². The van der Waals surface area contributed by atoms with Gasteiger partial charge in [-0.1, -0.05) is 0 Å². The molecule has 0 radical (unpaired) electrons. The van der Waals surface area contributed by atoms with Crippen molar-refractivity contribution in [3.8, 4) is 0 Å². The van der Waals surface area contributed by atoms with E-state index in [-0.39, 0.29) is 12.1 Å². The molecule has 12 heavy (non-hydrogen) atoms. The first kappa shape index (κ1) is 8.05. The van der Waals surface area contributed by atoms with Crippen molar-refractivity contribution < 1.29 is 9.53 Å². The van der Waals surface area contributed by atoms with E-state index in [2.05, 4.69) is 5.32 Å². The summed E-state index contributed by atoms with van der Waals surface area (Å²) in [6.07, 6.45) is 2.48. The maximum atomic E-state index is 10.7. The molecule has 1 aliphatic heterocycles. The number of hydrogen-bond donors (Lipinski definition) is 1. The molecule has 0 unspecified atom stereocenters. The molecule has 2 aliphatic rings. The predicted octanol–water partition coefficient (Wildman–Crippen LogP) is 0.547. The Bertz CT molecular complexity index is 193. The minimum absolute atomic E-state index is 0.132. The van der Waals surface area contributed by atoms with Gasteiger partial charge in [0.05, 0.1) is 0 Å². The molecule has 2 rings (SSSR count). The molecule has 3 atom stereocenters. The molecule has 3 nitrogen and oxygen atoms in total. The molecule has 0 aromatic rings. The van der Waals surface area contributed by atoms with Crippen molar-refractivity contribution >= 4 is 5.97 Å². The molecule has 2 fully saturated rings. The van der Waals surface area contributed by atoms with Crippen LogP contribution in [0.15, 0.2) is 0 Å². The lowest BCUT2D eigenvalue weighted by molar-refractivity contribution is -0.147. The second kappa shape index (κ2) is 3.05. The fourth-order valence-corrected chi connectivity index (χ4v) is 2.46. The molecule has 68 valence electrons. The van der Waals surface area contributed by atoms with Crippen molar-refractivity contribution in [3.05, 3.63) is 0 Å². The predicted molar refractivity (Wildman–Crippen MR) is 44.6 cm³/mol. The van der Waals surface area contributed by atoms with Gasteiger partial charge in [0.1, 0.15) is 6.10 Å². The van der Waals surface area contributed by atoms with Gasteiger partial charge in [-0.05, 0) is 25.3 Å². The molecule has 1 heterocycles. The van der Waals surface area contributed by atoms with Crippen LogP contribution in [-0.2, 0) is 9.53 Å². The van der Waals surface area contributed by atoms with E-state index in [9.17, 15) is 4.79 Å². The van der Waals surface area contributed by atoms with Gasteiger partial charge >= 0.3 is 5.97 Å². The molecule has 1 N–H and O–H groups in total. The summed E-state index contributed by atoms with van der Waals surface area (Å²) in [5, 5.41) is 3.34. The molecule has 1 aliphatic carbocycles. The number of esters is 1. The second-order valence-corrected chi connectivity index (χ2v) is 3.81. The van der Waals surface area contributed by atoms with Crippen molar-refractivity contribution in [2.24, 2.45) is 11.8 Å². The van der Waals surface area contributed by atoms with Gasteiger partial charge in [-0.15, -0.1) is 0 Å². The van der Waals surface area contributed by atoms with Crippen LogP contribution in [0.4, 0.5) is 0 Å². The number of nitrogens with one attached hydrogen (secondary N) is 1. The van der Waals surface area contributed by atoms with E-state index in [4.69, 9.17) is 4.74 Å². The van der Waals surface area contributed by atoms with Crippen molar-refractivity contribution in [1.82, 2.24) is 5.32 Å². The molecule has 0 aromatic carbocycles. The number of ether oxygens (including phenoxy) is 1. The Hall–Kier alpha value is -0.570. The van der Waals surface area contributed by atoms with E-state index in [1.807, 2.05) is 0 Å². The lowest BCUT2D eigenvalue weighted by atomic mass is 9.99. The zero-order chi connectivity index (χ0) is 8.55. The summed E-state index contributed by atoms with van der Waals surface area (Å²) in [5.41, 5.74) is 0. The van der Waals surface area contributed by atoms with Crippen LogP contribution < -0.4 is 5.32 Å². The zero-order valence-corrected chi connectivity index (χ0v) is 7.38. The quantitative estimate of drug-likeness (QED) is 0.582. The summed E-state index contributed by atoms with van der Waals surface area (Å²) in [6.45, 7) is 3.64. The van der Waals surface area contributed by atoms with Crippen molar-refractivity contribution in [2.75, 3.05) is 13.1 Å². The molecule has 0 amide bonds. The number of carbonyl (C=O) groups is 1. The Kier molecular flexibility index (Phi) is 2.05. The van der Waals surface area contributed by atoms with Crippen molar-refractivity contribution in [1.29, 1.82) is 0 Å². The third-order valence-corrected chi connectivity index (χ3v) is 3.01. The highest BCUT2D eigenvalue weighted by atomic mass is 16.5. The SMILES string of the molecule is CC(=O)O[C@H]1CC[C@H]2CNC[C@H]21. The van der Waals surface area contributed by atoms with E-state index in [0.717, 1.165) is 25.4 Å². The fraction of sp³-hybridized carbons (Fsp3) is 0.889. The highest BCUT2D eigenvalue weighted by Crippen LogP contribution is 2.36. The van der Waals surface area contributed by atoms with Crippen LogP contribution in [0.2, 0.25) is 0 Å². The highest BCUT2D eigenvalue weighted by Gasteiger charge is 2.40. The minimum Gasteiger partial charge on any atom is -0.462 e. The molecular formula is C9H15NO2. The highest BCUT2D eigenvalue weighted by molar-refractivity contribution is 5.66. The molecule has 0 aromatic heterocycles. The minimum atomic E-state index is -0.132. The van der Waals surface area contributed by atoms with Crippen LogP contribution in [0.25, 0.3) is 0 Å². The summed E-state index contributed by atoms with van der Waals surface area (Å²) in [5.74, 6) is 1.22. The van der Waals surface area contributed by atoms with Crippen LogP contribution >= 0.6 is 0 Å². The van der Waals surface area contributed by atoms with Gasteiger partial charge in [0, 0.05) is 19.4 Å². The number of fused-ring (bicyclic) bond motifs is 1. The van der Waals surface area contributed by atoms with Crippen molar-refractivity contribution in [3.63, 3.8) is 0 Å². The summed E-state index contributed by atoms with van der Waals surface area (Å²) in [7, 11) is 0.